The van der Waals surface area contributed by atoms with Gasteiger partial charge in [-0.2, -0.15) is 0 Å². The van der Waals surface area contributed by atoms with E-state index in [9.17, 15) is 91.0 Å². The Hall–Kier alpha value is -2.51. The van der Waals surface area contributed by atoms with Crippen molar-refractivity contribution in [1.82, 2.24) is 16.0 Å². The fourth-order valence-corrected chi connectivity index (χ4v) is 7.83. The van der Waals surface area contributed by atoms with E-state index in [1.807, 2.05) is 0 Å². The highest BCUT2D eigenvalue weighted by Gasteiger charge is 2.56. The van der Waals surface area contributed by atoms with E-state index in [2.05, 4.69) is 16.0 Å². The minimum absolute atomic E-state index is 0.736. The van der Waals surface area contributed by atoms with Crippen molar-refractivity contribution in [3.8, 4) is 0 Å². The van der Waals surface area contributed by atoms with Gasteiger partial charge in [-0.15, -0.1) is 0 Å². The van der Waals surface area contributed by atoms with E-state index in [0.717, 1.165) is 20.8 Å². The van der Waals surface area contributed by atoms with E-state index in [0.29, 0.717) is 0 Å². The topological polar surface area (TPSA) is 465 Å². The number of carbonyl (C=O) groups excluding carboxylic acids is 3. The smallest absolute Gasteiger partial charge is 0.217 e. The zero-order valence-corrected chi connectivity index (χ0v) is 35.3. The largest absolute Gasteiger partial charge is 0.394 e. The van der Waals surface area contributed by atoms with Crippen molar-refractivity contribution in [1.29, 1.82) is 0 Å². The van der Waals surface area contributed by atoms with Gasteiger partial charge < -0.3 is 130 Å². The third-order valence-corrected chi connectivity index (χ3v) is 11.2. The fraction of sp³-hybridized carbons (Fsp3) is 0.917. The Kier molecular flexibility index (Phi) is 20.9. The maximum Gasteiger partial charge on any atom is 0.217 e. The van der Waals surface area contributed by atoms with Gasteiger partial charge in [0.1, 0.15) is 116 Å². The van der Waals surface area contributed by atoms with Crippen molar-refractivity contribution in [2.24, 2.45) is 0 Å². The van der Waals surface area contributed by atoms with Crippen LogP contribution in [0, 0.1) is 0 Å². The number of rotatable bonds is 20. The van der Waals surface area contributed by atoms with Crippen LogP contribution in [0.5, 0.6) is 0 Å². The van der Waals surface area contributed by atoms with Crippen LogP contribution in [0.4, 0.5) is 0 Å². The van der Waals surface area contributed by atoms with Crippen LogP contribution in [0.1, 0.15) is 20.8 Å². The summed E-state index contributed by atoms with van der Waals surface area (Å²) in [5, 5.41) is 165. The molecule has 18 N–H and O–H groups in total. The zero-order valence-electron chi connectivity index (χ0n) is 35.3. The molecule has 65 heavy (non-hydrogen) atoms. The molecule has 3 amide bonds. The summed E-state index contributed by atoms with van der Waals surface area (Å²) in [6, 6.07) is -4.94. The first-order valence-electron chi connectivity index (χ1n) is 20.5. The summed E-state index contributed by atoms with van der Waals surface area (Å²) in [7, 11) is 0. The van der Waals surface area contributed by atoms with Gasteiger partial charge in [0, 0.05) is 20.8 Å². The first kappa shape index (κ1) is 55.1. The number of amides is 3. The minimum Gasteiger partial charge on any atom is -0.394 e. The summed E-state index contributed by atoms with van der Waals surface area (Å²) in [4.78, 5) is 36.9. The quantitative estimate of drug-likeness (QED) is 0.0539. The molecule has 4 aliphatic heterocycles. The van der Waals surface area contributed by atoms with Crippen molar-refractivity contribution >= 4 is 17.7 Å². The van der Waals surface area contributed by atoms with Crippen LogP contribution in [-0.4, -0.2) is 281 Å². The van der Waals surface area contributed by atoms with Crippen LogP contribution in [0.15, 0.2) is 0 Å². The molecule has 4 fully saturated rings. The summed E-state index contributed by atoms with van der Waals surface area (Å²) in [5.74, 6) is -2.38. The SMILES string of the molecule is CC(=O)N[C@H]1[C@H](O[C@@H]([C@@H](O)[C@H](O)CO)[C@H](CO)NC(C)=O)O[C@H](CO)[C@@H](O[C@@H]2O[C@H](CO)[C@H](O)[C@H](O[C@@H]3O[C@H](CO)[C@@H](O)[C@H](O[C@@H]4O[C@H](CO)[C@H](O)[C@H](O)[C@H]4O)[C@H]3NC(C)=O)[C@H]2O)[C@@H]1O. The Morgan fingerprint density at radius 3 is 1.46 bits per heavy atom. The molecule has 4 heterocycles. The fourth-order valence-electron chi connectivity index (χ4n) is 7.83. The zero-order chi connectivity index (χ0) is 48.6. The lowest BCUT2D eigenvalue weighted by Gasteiger charge is -2.50. The number of hydrogen-bond donors (Lipinski definition) is 18. The summed E-state index contributed by atoms with van der Waals surface area (Å²) in [6.07, 6.45) is -39.7. The lowest BCUT2D eigenvalue weighted by molar-refractivity contribution is -0.378. The number of hydrogen-bond acceptors (Lipinski definition) is 26. The van der Waals surface area contributed by atoms with Gasteiger partial charge in [0.2, 0.25) is 17.7 Å². The number of aliphatic hydroxyl groups excluding tert-OH is 15. The molecule has 4 rings (SSSR count). The lowest BCUT2D eigenvalue weighted by atomic mass is 9.94. The second-order valence-corrected chi connectivity index (χ2v) is 15.9. The van der Waals surface area contributed by atoms with E-state index in [-0.39, 0.29) is 0 Å². The molecule has 0 radical (unpaired) electrons. The molecular formula is C36H63N3O26. The van der Waals surface area contributed by atoms with E-state index >= 15 is 0 Å². The van der Waals surface area contributed by atoms with Crippen LogP contribution in [0.25, 0.3) is 0 Å². The molecule has 29 heteroatoms. The van der Waals surface area contributed by atoms with Crippen molar-refractivity contribution in [2.45, 2.75) is 168 Å². The van der Waals surface area contributed by atoms with E-state index in [4.69, 9.17) is 37.9 Å². The van der Waals surface area contributed by atoms with Gasteiger partial charge in [-0.3, -0.25) is 14.4 Å². The Morgan fingerprint density at radius 1 is 0.492 bits per heavy atom. The molecule has 0 aromatic carbocycles. The molecule has 29 nitrogen and oxygen atoms in total. The number of ether oxygens (including phenoxy) is 8. The predicted octanol–water partition coefficient (Wildman–Crippen LogP) is -11.9. The van der Waals surface area contributed by atoms with Gasteiger partial charge >= 0.3 is 0 Å². The molecule has 0 aromatic heterocycles. The third-order valence-electron chi connectivity index (χ3n) is 11.2. The van der Waals surface area contributed by atoms with Gasteiger partial charge in [-0.05, 0) is 0 Å². The molecule has 0 unspecified atom stereocenters. The number of aliphatic hydroxyl groups is 15. The molecular weight excluding hydrogens is 890 g/mol. The average molecular weight is 954 g/mol. The van der Waals surface area contributed by atoms with Gasteiger partial charge in [-0.1, -0.05) is 0 Å². The average Bonchev–Trinajstić information content (AvgIpc) is 3.26. The van der Waals surface area contributed by atoms with Crippen LogP contribution < -0.4 is 16.0 Å². The molecule has 0 aromatic rings. The summed E-state index contributed by atoms with van der Waals surface area (Å²) in [5.41, 5.74) is 0. The summed E-state index contributed by atoms with van der Waals surface area (Å²) >= 11 is 0. The molecule has 378 valence electrons. The molecule has 0 aliphatic carbocycles. The van der Waals surface area contributed by atoms with E-state index < -0.39 is 204 Å². The normalized spacial score (nSPS) is 42.0. The third kappa shape index (κ3) is 13.0. The molecule has 0 bridgehead atoms. The lowest BCUT2D eigenvalue weighted by Crippen LogP contribution is -2.70. The Labute approximate surface area is 369 Å². The van der Waals surface area contributed by atoms with Crippen molar-refractivity contribution < 1.29 is 129 Å². The Morgan fingerprint density at radius 2 is 0.954 bits per heavy atom. The van der Waals surface area contributed by atoms with Crippen molar-refractivity contribution in [2.75, 3.05) is 39.6 Å². The molecule has 4 aliphatic rings. The monoisotopic (exact) mass is 953 g/mol. The first-order chi connectivity index (χ1) is 30.7. The van der Waals surface area contributed by atoms with Crippen molar-refractivity contribution in [3.63, 3.8) is 0 Å². The highest BCUT2D eigenvalue weighted by molar-refractivity contribution is 5.74. The molecule has 0 saturated carbocycles. The number of nitrogens with one attached hydrogen (secondary N) is 3. The first-order valence-corrected chi connectivity index (χ1v) is 20.5. The highest BCUT2D eigenvalue weighted by atomic mass is 16.8. The number of carbonyl (C=O) groups is 3. The Bertz CT molecular complexity index is 1510. The maximum absolute atomic E-state index is 12.5. The summed E-state index contributed by atoms with van der Waals surface area (Å²) < 4.78 is 46.1. The maximum atomic E-state index is 12.5. The second kappa shape index (κ2) is 24.7. The highest BCUT2D eigenvalue weighted by Crippen LogP contribution is 2.35. The van der Waals surface area contributed by atoms with Crippen molar-refractivity contribution in [3.05, 3.63) is 0 Å². The van der Waals surface area contributed by atoms with Crippen LogP contribution in [-0.2, 0) is 52.3 Å². The van der Waals surface area contributed by atoms with E-state index in [1.165, 1.54) is 0 Å². The molecule has 0 spiro atoms. The Balaban J connectivity index is 1.65. The van der Waals surface area contributed by atoms with Crippen LogP contribution in [0.3, 0.4) is 0 Å². The van der Waals surface area contributed by atoms with Gasteiger partial charge in [0.15, 0.2) is 25.2 Å². The van der Waals surface area contributed by atoms with Crippen LogP contribution in [0.2, 0.25) is 0 Å². The van der Waals surface area contributed by atoms with Crippen LogP contribution >= 0.6 is 0 Å². The standard InChI is InChI=1S/C36H63N3O26/c1-10(46)37-13(4-40)29(21(50)14(49)5-41)62-33-19(38-11(2)47)25(54)30(18(9-45)61-33)63-36-28(57)32(24(53)17(8-44)60-36)65-34-20(39-12(3)48)31(23(52)16(7-43)58-34)64-35-27(56)26(55)22(51)15(6-42)59-35/h13-36,40-45,49-57H,4-9H2,1-3H3,(H,37,46)(H,38,47)(H,39,48)/t13-,14+,15+,16+,17+,18+,19+,20+,21-,22-,23+,24-,25+,26-,27+,28+,29+,30+,31+,32-,33-,34-,35-,36-/m0/s1. The van der Waals surface area contributed by atoms with Gasteiger partial charge in [0.25, 0.3) is 0 Å². The van der Waals surface area contributed by atoms with E-state index in [1.54, 1.807) is 0 Å². The van der Waals surface area contributed by atoms with Gasteiger partial charge in [-0.25, -0.2) is 0 Å². The molecule has 24 atom stereocenters. The van der Waals surface area contributed by atoms with Gasteiger partial charge in [0.05, 0.1) is 45.7 Å². The predicted molar refractivity (Wildman–Crippen MR) is 204 cm³/mol. The summed E-state index contributed by atoms with van der Waals surface area (Å²) in [6.45, 7) is -2.74. The second-order valence-electron chi connectivity index (χ2n) is 15.9. The minimum atomic E-state index is -2.19. The molecule has 4 saturated heterocycles.